The molecule has 134 valence electrons. The van der Waals surface area contributed by atoms with Crippen molar-refractivity contribution in [1.29, 1.82) is 0 Å². The molecule has 1 heterocycles. The van der Waals surface area contributed by atoms with Gasteiger partial charge in [-0.2, -0.15) is 0 Å². The van der Waals surface area contributed by atoms with Gasteiger partial charge in [0.1, 0.15) is 11.5 Å². The summed E-state index contributed by atoms with van der Waals surface area (Å²) in [4.78, 5) is 15.6. The first kappa shape index (κ1) is 18.4. The second-order valence-corrected chi connectivity index (χ2v) is 6.75. The number of rotatable bonds is 5. The number of aromatic nitrogens is 2. The maximum absolute atomic E-state index is 13.2. The first-order valence-corrected chi connectivity index (χ1v) is 8.85. The molecule has 3 rings (SSSR count). The van der Waals surface area contributed by atoms with Crippen LogP contribution in [-0.4, -0.2) is 21.5 Å². The van der Waals surface area contributed by atoms with Crippen LogP contribution in [0, 0.1) is 10.6 Å². The molecular weight excluding hydrogens is 373 g/mol. The Bertz CT molecular complexity index is 981. The minimum absolute atomic E-state index is 0.132. The highest BCUT2D eigenvalue weighted by Gasteiger charge is 2.17. The standard InChI is InChI=1S/C19H17ClFN3OS/c1-12(10-13-4-2-3-5-16(13)20)23-18(25)17-11-22-19(26)24(17)15-8-6-14(21)7-9-15/h2-9,11-12H,10H2,1H3,(H,22,26)(H,23,25). The summed E-state index contributed by atoms with van der Waals surface area (Å²) in [6.07, 6.45) is 2.15. The Balaban J connectivity index is 1.79. The Kier molecular flexibility index (Phi) is 5.54. The number of carbonyl (C=O) groups is 1. The fourth-order valence-corrected chi connectivity index (χ4v) is 3.20. The van der Waals surface area contributed by atoms with Crippen molar-refractivity contribution in [2.45, 2.75) is 19.4 Å². The molecule has 0 aliphatic carbocycles. The summed E-state index contributed by atoms with van der Waals surface area (Å²) in [6.45, 7) is 1.91. The number of halogens is 2. The van der Waals surface area contributed by atoms with E-state index in [-0.39, 0.29) is 17.8 Å². The van der Waals surface area contributed by atoms with Gasteiger partial charge in [0.05, 0.1) is 0 Å². The molecule has 0 saturated heterocycles. The Morgan fingerprint density at radius 3 is 2.65 bits per heavy atom. The van der Waals surface area contributed by atoms with Crippen molar-refractivity contribution < 1.29 is 9.18 Å². The molecule has 2 N–H and O–H groups in total. The molecular formula is C19H17ClFN3OS. The maximum atomic E-state index is 13.2. The Morgan fingerprint density at radius 2 is 1.96 bits per heavy atom. The average Bonchev–Trinajstić information content (AvgIpc) is 2.99. The van der Waals surface area contributed by atoms with Crippen molar-refractivity contribution in [3.8, 4) is 5.69 Å². The molecule has 1 unspecified atom stereocenters. The smallest absolute Gasteiger partial charge is 0.270 e. The number of aromatic amines is 1. The van der Waals surface area contributed by atoms with Crippen LogP contribution in [0.2, 0.25) is 5.02 Å². The number of benzene rings is 2. The molecule has 0 aliphatic rings. The van der Waals surface area contributed by atoms with E-state index in [1.807, 2.05) is 31.2 Å². The van der Waals surface area contributed by atoms with Gasteiger partial charge in [-0.25, -0.2) is 4.39 Å². The molecule has 1 amide bonds. The molecule has 0 aliphatic heterocycles. The third kappa shape index (κ3) is 4.03. The summed E-state index contributed by atoms with van der Waals surface area (Å²) >= 11 is 11.4. The highest BCUT2D eigenvalue weighted by atomic mass is 35.5. The summed E-state index contributed by atoms with van der Waals surface area (Å²) in [5.41, 5.74) is 1.93. The third-order valence-electron chi connectivity index (χ3n) is 3.96. The van der Waals surface area contributed by atoms with Gasteiger partial charge >= 0.3 is 0 Å². The van der Waals surface area contributed by atoms with E-state index in [2.05, 4.69) is 10.3 Å². The van der Waals surface area contributed by atoms with Gasteiger partial charge in [0.15, 0.2) is 4.77 Å². The van der Waals surface area contributed by atoms with E-state index >= 15 is 0 Å². The average molecular weight is 390 g/mol. The lowest BCUT2D eigenvalue weighted by Gasteiger charge is -2.15. The van der Waals surface area contributed by atoms with E-state index in [0.29, 0.717) is 27.6 Å². The van der Waals surface area contributed by atoms with Crippen molar-refractivity contribution in [2.24, 2.45) is 0 Å². The van der Waals surface area contributed by atoms with Gasteiger partial charge in [-0.3, -0.25) is 9.36 Å². The summed E-state index contributed by atoms with van der Waals surface area (Å²) in [5, 5.41) is 3.62. The van der Waals surface area contributed by atoms with Crippen LogP contribution in [0.25, 0.3) is 5.69 Å². The summed E-state index contributed by atoms with van der Waals surface area (Å²) < 4.78 is 15.1. The molecule has 0 radical (unpaired) electrons. The minimum Gasteiger partial charge on any atom is -0.348 e. The zero-order valence-corrected chi connectivity index (χ0v) is 15.6. The van der Waals surface area contributed by atoms with Gasteiger partial charge in [0.25, 0.3) is 5.91 Å². The van der Waals surface area contributed by atoms with Crippen LogP contribution in [0.1, 0.15) is 23.0 Å². The number of hydrogen-bond acceptors (Lipinski definition) is 2. The van der Waals surface area contributed by atoms with Crippen molar-refractivity contribution in [3.05, 3.63) is 81.6 Å². The lowest BCUT2D eigenvalue weighted by molar-refractivity contribution is 0.0933. The van der Waals surface area contributed by atoms with Gasteiger partial charge in [-0.1, -0.05) is 29.8 Å². The lowest BCUT2D eigenvalue weighted by atomic mass is 10.1. The van der Waals surface area contributed by atoms with Gasteiger partial charge in [0.2, 0.25) is 0 Å². The molecule has 3 aromatic rings. The van der Waals surface area contributed by atoms with E-state index in [1.165, 1.54) is 12.1 Å². The predicted molar refractivity (Wildman–Crippen MR) is 103 cm³/mol. The third-order valence-corrected chi connectivity index (χ3v) is 4.62. The highest BCUT2D eigenvalue weighted by Crippen LogP contribution is 2.17. The van der Waals surface area contributed by atoms with Crippen molar-refractivity contribution >= 4 is 29.7 Å². The summed E-state index contributed by atoms with van der Waals surface area (Å²) in [6, 6.07) is 13.2. The monoisotopic (exact) mass is 389 g/mol. The number of imidazole rings is 1. The molecule has 0 fully saturated rings. The predicted octanol–water partition coefficient (Wildman–Crippen LogP) is 4.69. The largest absolute Gasteiger partial charge is 0.348 e. The molecule has 0 spiro atoms. The van der Waals surface area contributed by atoms with Crippen molar-refractivity contribution in [2.75, 3.05) is 0 Å². The molecule has 0 bridgehead atoms. The molecule has 7 heteroatoms. The van der Waals surface area contributed by atoms with E-state index in [0.717, 1.165) is 5.56 Å². The minimum atomic E-state index is -0.352. The molecule has 1 atom stereocenters. The molecule has 0 saturated carbocycles. The number of carbonyl (C=O) groups excluding carboxylic acids is 1. The fourth-order valence-electron chi connectivity index (χ4n) is 2.72. The normalized spacial score (nSPS) is 12.0. The van der Waals surface area contributed by atoms with Crippen LogP contribution in [0.3, 0.4) is 0 Å². The number of amides is 1. The number of nitrogens with zero attached hydrogens (tertiary/aromatic N) is 1. The topological polar surface area (TPSA) is 49.8 Å². The van der Waals surface area contributed by atoms with E-state index < -0.39 is 0 Å². The zero-order valence-electron chi connectivity index (χ0n) is 14.0. The quantitative estimate of drug-likeness (QED) is 0.622. The van der Waals surface area contributed by atoms with Crippen LogP contribution in [0.5, 0.6) is 0 Å². The lowest BCUT2D eigenvalue weighted by Crippen LogP contribution is -2.35. The van der Waals surface area contributed by atoms with E-state index in [1.54, 1.807) is 22.9 Å². The first-order valence-electron chi connectivity index (χ1n) is 8.06. The van der Waals surface area contributed by atoms with Crippen molar-refractivity contribution in [1.82, 2.24) is 14.9 Å². The van der Waals surface area contributed by atoms with Crippen LogP contribution < -0.4 is 5.32 Å². The second kappa shape index (κ2) is 7.85. The fraction of sp³-hybridized carbons (Fsp3) is 0.158. The van der Waals surface area contributed by atoms with Gasteiger partial charge < -0.3 is 10.3 Å². The molecule has 2 aromatic carbocycles. The van der Waals surface area contributed by atoms with Gasteiger partial charge in [-0.15, -0.1) is 0 Å². The zero-order chi connectivity index (χ0) is 18.7. The SMILES string of the molecule is CC(Cc1ccccc1Cl)NC(=O)c1c[nH]c(=S)n1-c1ccc(F)cc1. The van der Waals surface area contributed by atoms with Crippen LogP contribution in [0.4, 0.5) is 4.39 Å². The van der Waals surface area contributed by atoms with Crippen LogP contribution in [0.15, 0.2) is 54.7 Å². The molecule has 26 heavy (non-hydrogen) atoms. The van der Waals surface area contributed by atoms with Gasteiger partial charge in [0, 0.05) is 22.9 Å². The Labute approximate surface area is 160 Å². The number of nitrogens with one attached hydrogen (secondary N) is 2. The molecule has 4 nitrogen and oxygen atoms in total. The summed E-state index contributed by atoms with van der Waals surface area (Å²) in [5.74, 6) is -0.628. The maximum Gasteiger partial charge on any atom is 0.270 e. The highest BCUT2D eigenvalue weighted by molar-refractivity contribution is 7.71. The summed E-state index contributed by atoms with van der Waals surface area (Å²) in [7, 11) is 0. The van der Waals surface area contributed by atoms with Crippen LogP contribution in [-0.2, 0) is 6.42 Å². The van der Waals surface area contributed by atoms with E-state index in [9.17, 15) is 9.18 Å². The second-order valence-electron chi connectivity index (χ2n) is 5.96. The van der Waals surface area contributed by atoms with Gasteiger partial charge in [-0.05, 0) is 61.5 Å². The van der Waals surface area contributed by atoms with E-state index in [4.69, 9.17) is 23.8 Å². The van der Waals surface area contributed by atoms with Crippen molar-refractivity contribution in [3.63, 3.8) is 0 Å². The number of hydrogen-bond donors (Lipinski definition) is 2. The van der Waals surface area contributed by atoms with Crippen LogP contribution >= 0.6 is 23.8 Å². The number of H-pyrrole nitrogens is 1. The Morgan fingerprint density at radius 1 is 1.27 bits per heavy atom. The Hall–Kier alpha value is -2.44. The molecule has 1 aromatic heterocycles. The first-order chi connectivity index (χ1) is 12.5.